The first-order valence-electron chi connectivity index (χ1n) is 9.36. The van der Waals surface area contributed by atoms with Gasteiger partial charge in [-0.05, 0) is 43.3 Å². The van der Waals surface area contributed by atoms with Crippen LogP contribution >= 0.6 is 0 Å². The standard InChI is InChI=1S/C22H22N2O4S/c1-16-7-9-17(10-8-16)23-19-5-2-3-6-20(19)24-29(25,26)18-11-12-21-22(15-18)28-14-4-13-27-21/h2-3,5-12,15,23-24H,4,13-14H2,1H3. The Morgan fingerprint density at radius 1 is 0.828 bits per heavy atom. The van der Waals surface area contributed by atoms with Gasteiger partial charge in [-0.3, -0.25) is 4.72 Å². The van der Waals surface area contributed by atoms with E-state index in [0.717, 1.165) is 17.7 Å². The normalized spacial score (nSPS) is 13.4. The van der Waals surface area contributed by atoms with Crippen molar-refractivity contribution in [1.82, 2.24) is 0 Å². The third-order valence-electron chi connectivity index (χ3n) is 4.53. The summed E-state index contributed by atoms with van der Waals surface area (Å²) < 4.78 is 39.8. The van der Waals surface area contributed by atoms with E-state index in [0.29, 0.717) is 36.1 Å². The predicted molar refractivity (Wildman–Crippen MR) is 114 cm³/mol. The highest BCUT2D eigenvalue weighted by Gasteiger charge is 2.20. The van der Waals surface area contributed by atoms with Gasteiger partial charge in [0.1, 0.15) is 0 Å². The van der Waals surface area contributed by atoms with Gasteiger partial charge in [-0.15, -0.1) is 0 Å². The molecule has 1 aliphatic heterocycles. The molecule has 1 aliphatic rings. The maximum Gasteiger partial charge on any atom is 0.262 e. The number of fused-ring (bicyclic) bond motifs is 1. The van der Waals surface area contributed by atoms with Crippen LogP contribution in [0.2, 0.25) is 0 Å². The maximum atomic E-state index is 13.0. The fourth-order valence-corrected chi connectivity index (χ4v) is 4.08. The van der Waals surface area contributed by atoms with Crippen molar-refractivity contribution in [3.8, 4) is 11.5 Å². The van der Waals surface area contributed by atoms with Crippen molar-refractivity contribution in [2.45, 2.75) is 18.2 Å². The molecule has 150 valence electrons. The van der Waals surface area contributed by atoms with Crippen molar-refractivity contribution < 1.29 is 17.9 Å². The second-order valence-electron chi connectivity index (χ2n) is 6.80. The lowest BCUT2D eigenvalue weighted by Crippen LogP contribution is -2.14. The van der Waals surface area contributed by atoms with E-state index in [4.69, 9.17) is 9.47 Å². The van der Waals surface area contributed by atoms with Crippen molar-refractivity contribution in [3.63, 3.8) is 0 Å². The summed E-state index contributed by atoms with van der Waals surface area (Å²) in [5.41, 5.74) is 3.14. The van der Waals surface area contributed by atoms with Gasteiger partial charge in [0, 0.05) is 18.2 Å². The van der Waals surface area contributed by atoms with Crippen LogP contribution in [0.3, 0.4) is 0 Å². The summed E-state index contributed by atoms with van der Waals surface area (Å²) in [7, 11) is -3.81. The van der Waals surface area contributed by atoms with Crippen LogP contribution in [0.25, 0.3) is 0 Å². The summed E-state index contributed by atoms with van der Waals surface area (Å²) in [6.45, 7) is 3.06. The van der Waals surface area contributed by atoms with Gasteiger partial charge in [0.2, 0.25) is 0 Å². The smallest absolute Gasteiger partial charge is 0.262 e. The lowest BCUT2D eigenvalue weighted by Gasteiger charge is -2.15. The van der Waals surface area contributed by atoms with Crippen LogP contribution in [0.15, 0.2) is 71.6 Å². The molecule has 4 rings (SSSR count). The molecule has 0 fully saturated rings. The van der Waals surface area contributed by atoms with E-state index in [1.807, 2.05) is 43.3 Å². The first-order valence-corrected chi connectivity index (χ1v) is 10.8. The summed E-state index contributed by atoms with van der Waals surface area (Å²) in [5.74, 6) is 0.999. The molecule has 0 unspecified atom stereocenters. The lowest BCUT2D eigenvalue weighted by atomic mass is 10.2. The summed E-state index contributed by atoms with van der Waals surface area (Å²) >= 11 is 0. The van der Waals surface area contributed by atoms with Crippen LogP contribution in [0.5, 0.6) is 11.5 Å². The zero-order valence-corrected chi connectivity index (χ0v) is 16.8. The molecule has 0 amide bonds. The summed E-state index contributed by atoms with van der Waals surface area (Å²) in [6, 6.07) is 19.7. The molecule has 3 aromatic carbocycles. The molecule has 7 heteroatoms. The largest absolute Gasteiger partial charge is 0.490 e. The van der Waals surface area contributed by atoms with E-state index in [2.05, 4.69) is 10.0 Å². The van der Waals surface area contributed by atoms with Crippen molar-refractivity contribution in [2.24, 2.45) is 0 Å². The molecular weight excluding hydrogens is 388 g/mol. The number of rotatable bonds is 5. The minimum Gasteiger partial charge on any atom is -0.490 e. The molecule has 0 saturated carbocycles. The molecule has 29 heavy (non-hydrogen) atoms. The molecule has 0 spiro atoms. The third-order valence-corrected chi connectivity index (χ3v) is 5.89. The van der Waals surface area contributed by atoms with Gasteiger partial charge in [0.05, 0.1) is 29.5 Å². The van der Waals surface area contributed by atoms with Gasteiger partial charge in [-0.2, -0.15) is 0 Å². The maximum absolute atomic E-state index is 13.0. The fourth-order valence-electron chi connectivity index (χ4n) is 2.99. The lowest BCUT2D eigenvalue weighted by molar-refractivity contribution is 0.297. The predicted octanol–water partition coefficient (Wildman–Crippen LogP) is 4.70. The topological polar surface area (TPSA) is 76.7 Å². The van der Waals surface area contributed by atoms with E-state index in [1.165, 1.54) is 12.1 Å². The number of hydrogen-bond acceptors (Lipinski definition) is 5. The highest BCUT2D eigenvalue weighted by atomic mass is 32.2. The Kier molecular flexibility index (Phi) is 5.31. The molecule has 2 N–H and O–H groups in total. The number of aryl methyl sites for hydroxylation is 1. The van der Waals surface area contributed by atoms with Gasteiger partial charge in [0.25, 0.3) is 10.0 Å². The first-order chi connectivity index (χ1) is 14.0. The Hall–Kier alpha value is -3.19. The molecular formula is C22H22N2O4S. The molecule has 0 bridgehead atoms. The van der Waals surface area contributed by atoms with Gasteiger partial charge in [0.15, 0.2) is 11.5 Å². The Morgan fingerprint density at radius 2 is 1.52 bits per heavy atom. The Balaban J connectivity index is 1.60. The van der Waals surface area contributed by atoms with E-state index in [1.54, 1.807) is 18.2 Å². The highest BCUT2D eigenvalue weighted by molar-refractivity contribution is 7.92. The summed E-state index contributed by atoms with van der Waals surface area (Å²) in [5, 5.41) is 3.26. The number of anilines is 3. The van der Waals surface area contributed by atoms with Gasteiger partial charge in [-0.1, -0.05) is 29.8 Å². The van der Waals surface area contributed by atoms with Crippen LogP contribution in [0, 0.1) is 6.92 Å². The van der Waals surface area contributed by atoms with Crippen LogP contribution in [0.1, 0.15) is 12.0 Å². The molecule has 0 aromatic heterocycles. The number of sulfonamides is 1. The van der Waals surface area contributed by atoms with Crippen LogP contribution < -0.4 is 19.5 Å². The van der Waals surface area contributed by atoms with Gasteiger partial charge in [-0.25, -0.2) is 8.42 Å². The second-order valence-corrected chi connectivity index (χ2v) is 8.48. The Bertz CT molecular complexity index is 1110. The number of benzene rings is 3. The van der Waals surface area contributed by atoms with E-state index < -0.39 is 10.0 Å². The van der Waals surface area contributed by atoms with Crippen molar-refractivity contribution in [1.29, 1.82) is 0 Å². The van der Waals surface area contributed by atoms with Crippen molar-refractivity contribution in [2.75, 3.05) is 23.3 Å². The minimum atomic E-state index is -3.81. The van der Waals surface area contributed by atoms with Crippen molar-refractivity contribution >= 4 is 27.1 Å². The molecule has 6 nitrogen and oxygen atoms in total. The molecule has 0 saturated heterocycles. The number of para-hydroxylation sites is 2. The van der Waals surface area contributed by atoms with Gasteiger partial charge >= 0.3 is 0 Å². The SMILES string of the molecule is Cc1ccc(Nc2ccccc2NS(=O)(=O)c2ccc3c(c2)OCCCO3)cc1. The number of ether oxygens (including phenoxy) is 2. The number of nitrogens with one attached hydrogen (secondary N) is 2. The molecule has 0 aliphatic carbocycles. The second kappa shape index (κ2) is 8.05. The molecule has 1 heterocycles. The van der Waals surface area contributed by atoms with Crippen LogP contribution in [-0.4, -0.2) is 21.6 Å². The average Bonchev–Trinajstić information content (AvgIpc) is 2.96. The number of hydrogen-bond donors (Lipinski definition) is 2. The van der Waals surface area contributed by atoms with E-state index in [-0.39, 0.29) is 4.90 Å². The van der Waals surface area contributed by atoms with E-state index in [9.17, 15) is 8.42 Å². The molecule has 0 radical (unpaired) electrons. The molecule has 0 atom stereocenters. The van der Waals surface area contributed by atoms with Crippen LogP contribution in [0.4, 0.5) is 17.1 Å². The quantitative estimate of drug-likeness (QED) is 0.638. The summed E-state index contributed by atoms with van der Waals surface area (Å²) in [6.07, 6.45) is 0.757. The zero-order chi connectivity index (χ0) is 20.3. The average molecular weight is 410 g/mol. The van der Waals surface area contributed by atoms with Gasteiger partial charge < -0.3 is 14.8 Å². The van der Waals surface area contributed by atoms with E-state index >= 15 is 0 Å². The summed E-state index contributed by atoms with van der Waals surface area (Å²) in [4.78, 5) is 0.117. The monoisotopic (exact) mass is 410 g/mol. The minimum absolute atomic E-state index is 0.117. The third kappa shape index (κ3) is 4.46. The Morgan fingerprint density at radius 3 is 2.28 bits per heavy atom. The van der Waals surface area contributed by atoms with Crippen molar-refractivity contribution in [3.05, 3.63) is 72.3 Å². The first kappa shape index (κ1) is 19.1. The zero-order valence-electron chi connectivity index (χ0n) is 16.0. The van der Waals surface area contributed by atoms with Crippen LogP contribution in [-0.2, 0) is 10.0 Å². The highest BCUT2D eigenvalue weighted by Crippen LogP contribution is 2.33. The Labute approximate surface area is 170 Å². The fraction of sp³-hybridized carbons (Fsp3) is 0.182. The molecule has 3 aromatic rings.